The molecule has 0 aliphatic carbocycles. The minimum absolute atomic E-state index is 0.0866. The van der Waals surface area contributed by atoms with Gasteiger partial charge >= 0.3 is 12.1 Å². The van der Waals surface area contributed by atoms with Crippen molar-refractivity contribution in [2.24, 2.45) is 0 Å². The number of carbonyl (C=O) groups excluding carboxylic acids is 3. The van der Waals surface area contributed by atoms with Crippen molar-refractivity contribution in [3.63, 3.8) is 0 Å². The van der Waals surface area contributed by atoms with Gasteiger partial charge in [-0.15, -0.1) is 0 Å². The molecule has 0 saturated carbocycles. The number of nitrogens with one attached hydrogen (secondary N) is 1. The minimum Gasteiger partial charge on any atom is -0.458 e. The Bertz CT molecular complexity index is 966. The van der Waals surface area contributed by atoms with Crippen molar-refractivity contribution >= 4 is 18.0 Å². The van der Waals surface area contributed by atoms with E-state index in [1.165, 1.54) is 4.90 Å². The zero-order valence-corrected chi connectivity index (χ0v) is 20.9. The molecule has 1 aliphatic rings. The normalized spacial score (nSPS) is 16.0. The van der Waals surface area contributed by atoms with E-state index in [4.69, 9.17) is 14.2 Å². The standard InChI is InChI=1S/C27H35N3O6/c1-29(25(31)24-19-28-14-17-34-24)15-9-16-30(2)27(33)36-23(18-21-10-5-3-6-11-21)26(32)35-20-22-12-7-4-8-13-22/h3-8,10-13,23-24,28H,9,14-20H2,1-2H3/t23-,24?/m0/s1. The highest BCUT2D eigenvalue weighted by molar-refractivity contribution is 5.81. The number of hydrogen-bond donors (Lipinski definition) is 1. The molecule has 2 aromatic rings. The van der Waals surface area contributed by atoms with E-state index >= 15 is 0 Å². The maximum absolute atomic E-state index is 12.8. The third-order valence-electron chi connectivity index (χ3n) is 5.87. The van der Waals surface area contributed by atoms with Crippen molar-refractivity contribution in [2.45, 2.75) is 31.7 Å². The highest BCUT2D eigenvalue weighted by Gasteiger charge is 2.27. The lowest BCUT2D eigenvalue weighted by molar-refractivity contribution is -0.155. The topological polar surface area (TPSA) is 97.4 Å². The van der Waals surface area contributed by atoms with Crippen LogP contribution in [0.1, 0.15) is 17.5 Å². The smallest absolute Gasteiger partial charge is 0.410 e. The Morgan fingerprint density at radius 1 is 0.972 bits per heavy atom. The molecule has 2 aromatic carbocycles. The van der Waals surface area contributed by atoms with Crippen molar-refractivity contribution in [2.75, 3.05) is 46.9 Å². The van der Waals surface area contributed by atoms with E-state index in [1.54, 1.807) is 19.0 Å². The Labute approximate surface area is 212 Å². The van der Waals surface area contributed by atoms with Crippen LogP contribution in [0.4, 0.5) is 4.79 Å². The average molecular weight is 498 g/mol. The molecule has 1 fully saturated rings. The van der Waals surface area contributed by atoms with Gasteiger partial charge in [-0.3, -0.25) is 4.79 Å². The van der Waals surface area contributed by atoms with Crippen molar-refractivity contribution < 1.29 is 28.6 Å². The molecule has 0 aromatic heterocycles. The van der Waals surface area contributed by atoms with Gasteiger partial charge in [0, 0.05) is 46.7 Å². The molecule has 0 radical (unpaired) electrons. The zero-order valence-electron chi connectivity index (χ0n) is 20.9. The van der Waals surface area contributed by atoms with Crippen LogP contribution in [-0.4, -0.2) is 86.9 Å². The number of hydrogen-bond acceptors (Lipinski definition) is 7. The number of nitrogens with zero attached hydrogens (tertiary/aromatic N) is 2. The van der Waals surface area contributed by atoms with Crippen LogP contribution in [0.15, 0.2) is 60.7 Å². The van der Waals surface area contributed by atoms with Crippen molar-refractivity contribution in [1.29, 1.82) is 0 Å². The van der Waals surface area contributed by atoms with Crippen molar-refractivity contribution in [1.82, 2.24) is 15.1 Å². The van der Waals surface area contributed by atoms with Crippen LogP contribution in [0.25, 0.3) is 0 Å². The van der Waals surface area contributed by atoms with Gasteiger partial charge in [-0.25, -0.2) is 9.59 Å². The second kappa shape index (κ2) is 14.2. The van der Waals surface area contributed by atoms with E-state index in [1.807, 2.05) is 60.7 Å². The van der Waals surface area contributed by atoms with Crippen LogP contribution < -0.4 is 5.32 Å². The Morgan fingerprint density at radius 3 is 2.25 bits per heavy atom. The predicted octanol–water partition coefficient (Wildman–Crippen LogP) is 2.25. The third-order valence-corrected chi connectivity index (χ3v) is 5.87. The highest BCUT2D eigenvalue weighted by Crippen LogP contribution is 2.12. The Kier molecular flexibility index (Phi) is 10.7. The Morgan fingerprint density at radius 2 is 1.61 bits per heavy atom. The second-order valence-corrected chi connectivity index (χ2v) is 8.75. The molecule has 1 aliphatic heterocycles. The van der Waals surface area contributed by atoms with Crippen LogP contribution in [0.2, 0.25) is 0 Å². The van der Waals surface area contributed by atoms with E-state index in [0.29, 0.717) is 32.7 Å². The number of likely N-dealkylation sites (N-methyl/N-ethyl adjacent to an activating group) is 1. The molecular formula is C27H35N3O6. The van der Waals surface area contributed by atoms with E-state index in [-0.39, 0.29) is 18.9 Å². The first-order valence-corrected chi connectivity index (χ1v) is 12.2. The summed E-state index contributed by atoms with van der Waals surface area (Å²) in [4.78, 5) is 41.1. The predicted molar refractivity (Wildman–Crippen MR) is 134 cm³/mol. The van der Waals surface area contributed by atoms with Crippen molar-refractivity contribution in [3.05, 3.63) is 71.8 Å². The fourth-order valence-corrected chi connectivity index (χ4v) is 3.75. The van der Waals surface area contributed by atoms with E-state index in [9.17, 15) is 14.4 Å². The number of carbonyl (C=O) groups is 3. The maximum atomic E-state index is 12.8. The largest absolute Gasteiger partial charge is 0.458 e. The van der Waals surface area contributed by atoms with Gasteiger partial charge in [-0.05, 0) is 17.5 Å². The number of amides is 2. The number of rotatable bonds is 11. The van der Waals surface area contributed by atoms with Crippen LogP contribution in [0.3, 0.4) is 0 Å². The summed E-state index contributed by atoms with van der Waals surface area (Å²) in [5.74, 6) is -0.688. The average Bonchev–Trinajstić information content (AvgIpc) is 2.92. The second-order valence-electron chi connectivity index (χ2n) is 8.75. The molecule has 2 amide bonds. The summed E-state index contributed by atoms with van der Waals surface area (Å²) in [6, 6.07) is 18.7. The third kappa shape index (κ3) is 8.66. The van der Waals surface area contributed by atoms with Crippen LogP contribution >= 0.6 is 0 Å². The molecule has 9 heteroatoms. The van der Waals surface area contributed by atoms with Gasteiger partial charge in [-0.1, -0.05) is 60.7 Å². The molecule has 0 bridgehead atoms. The number of ether oxygens (including phenoxy) is 3. The van der Waals surface area contributed by atoms with Gasteiger partial charge in [0.15, 0.2) is 0 Å². The molecular weight excluding hydrogens is 462 g/mol. The van der Waals surface area contributed by atoms with Gasteiger partial charge in [0.1, 0.15) is 12.7 Å². The number of morpholine rings is 1. The molecule has 194 valence electrons. The first kappa shape index (κ1) is 27.2. The molecule has 3 rings (SSSR count). The van der Waals surface area contributed by atoms with Crippen molar-refractivity contribution in [3.8, 4) is 0 Å². The number of benzene rings is 2. The monoisotopic (exact) mass is 497 g/mol. The van der Waals surface area contributed by atoms with Crippen LogP contribution in [0, 0.1) is 0 Å². The molecule has 2 atom stereocenters. The number of esters is 1. The van der Waals surface area contributed by atoms with Gasteiger partial charge < -0.3 is 29.3 Å². The summed E-state index contributed by atoms with van der Waals surface area (Å²) >= 11 is 0. The van der Waals surface area contributed by atoms with Crippen LogP contribution in [0.5, 0.6) is 0 Å². The maximum Gasteiger partial charge on any atom is 0.410 e. The Hall–Kier alpha value is -3.43. The fraction of sp³-hybridized carbons (Fsp3) is 0.444. The van der Waals surface area contributed by atoms with Crippen LogP contribution in [-0.2, 0) is 36.8 Å². The lowest BCUT2D eigenvalue weighted by Gasteiger charge is -2.28. The summed E-state index contributed by atoms with van der Waals surface area (Å²) in [5.41, 5.74) is 1.70. The first-order valence-electron chi connectivity index (χ1n) is 12.2. The van der Waals surface area contributed by atoms with Gasteiger partial charge in [0.2, 0.25) is 6.10 Å². The highest BCUT2D eigenvalue weighted by atomic mass is 16.6. The molecule has 0 spiro atoms. The van der Waals surface area contributed by atoms with Gasteiger partial charge in [0.05, 0.1) is 6.61 Å². The van der Waals surface area contributed by atoms with E-state index in [2.05, 4.69) is 5.32 Å². The SMILES string of the molecule is CN(CCCN(C)C(=O)C1CNCCO1)C(=O)O[C@@H](Cc1ccccc1)C(=O)OCc1ccccc1. The summed E-state index contributed by atoms with van der Waals surface area (Å²) in [6.07, 6.45) is -1.42. The lowest BCUT2D eigenvalue weighted by atomic mass is 10.1. The first-order chi connectivity index (χ1) is 17.4. The molecule has 9 nitrogen and oxygen atoms in total. The summed E-state index contributed by atoms with van der Waals surface area (Å²) in [5, 5.41) is 3.14. The summed E-state index contributed by atoms with van der Waals surface area (Å²) in [7, 11) is 3.32. The molecule has 36 heavy (non-hydrogen) atoms. The molecule has 1 unspecified atom stereocenters. The lowest BCUT2D eigenvalue weighted by Crippen LogP contribution is -2.48. The molecule has 1 saturated heterocycles. The summed E-state index contributed by atoms with van der Waals surface area (Å²) < 4.78 is 16.5. The minimum atomic E-state index is -1.08. The van der Waals surface area contributed by atoms with E-state index in [0.717, 1.165) is 17.7 Å². The van der Waals surface area contributed by atoms with E-state index < -0.39 is 24.3 Å². The zero-order chi connectivity index (χ0) is 25.8. The molecule has 1 heterocycles. The quantitative estimate of drug-likeness (QED) is 0.476. The molecule has 1 N–H and O–H groups in total. The van der Waals surface area contributed by atoms with Gasteiger partial charge in [0.25, 0.3) is 5.91 Å². The summed E-state index contributed by atoms with van der Waals surface area (Å²) in [6.45, 7) is 2.67. The van der Waals surface area contributed by atoms with Gasteiger partial charge in [-0.2, -0.15) is 0 Å². The Balaban J connectivity index is 1.50. The fourth-order valence-electron chi connectivity index (χ4n) is 3.75.